The van der Waals surface area contributed by atoms with Crippen molar-refractivity contribution >= 4 is 45.1 Å². The van der Waals surface area contributed by atoms with Crippen LogP contribution < -0.4 is 5.73 Å². The van der Waals surface area contributed by atoms with Gasteiger partial charge in [0, 0.05) is 13.1 Å². The van der Waals surface area contributed by atoms with E-state index in [9.17, 15) is 9.59 Å². The van der Waals surface area contributed by atoms with Crippen LogP contribution in [0.25, 0.3) is 10.2 Å². The molecule has 2 N–H and O–H groups in total. The van der Waals surface area contributed by atoms with E-state index in [0.717, 1.165) is 28.1 Å². The van der Waals surface area contributed by atoms with Gasteiger partial charge in [0.25, 0.3) is 0 Å². The fourth-order valence-corrected chi connectivity index (χ4v) is 4.66. The monoisotopic (exact) mass is 350 g/mol. The summed E-state index contributed by atoms with van der Waals surface area (Å²) in [5.41, 5.74) is 6.28. The first-order chi connectivity index (χ1) is 11.1. The molecule has 122 valence electrons. The van der Waals surface area contributed by atoms with Crippen molar-refractivity contribution in [2.75, 3.05) is 13.1 Å². The minimum Gasteiger partial charge on any atom is -0.369 e. The molecule has 0 radical (unpaired) electrons. The van der Waals surface area contributed by atoms with Crippen LogP contribution in [0.1, 0.15) is 19.8 Å². The van der Waals surface area contributed by atoms with E-state index in [1.807, 2.05) is 18.4 Å². The van der Waals surface area contributed by atoms with Gasteiger partial charge in [-0.2, -0.15) is 0 Å². The predicted molar refractivity (Wildman–Crippen MR) is 91.2 cm³/mol. The lowest BCUT2D eigenvalue weighted by Crippen LogP contribution is -2.46. The van der Waals surface area contributed by atoms with Gasteiger partial charge < -0.3 is 10.6 Å². The molecular formula is C15H18N4O2S2. The van der Waals surface area contributed by atoms with Crippen molar-refractivity contribution in [2.24, 2.45) is 11.7 Å². The minimum absolute atomic E-state index is 0.0317. The van der Waals surface area contributed by atoms with Gasteiger partial charge in [0.2, 0.25) is 11.8 Å². The van der Waals surface area contributed by atoms with Crippen molar-refractivity contribution < 1.29 is 9.59 Å². The summed E-state index contributed by atoms with van der Waals surface area (Å²) < 4.78 is 1.01. The van der Waals surface area contributed by atoms with E-state index in [1.54, 1.807) is 16.2 Å². The highest BCUT2D eigenvalue weighted by Gasteiger charge is 2.30. The Morgan fingerprint density at radius 3 is 3.09 bits per heavy atom. The maximum atomic E-state index is 12.7. The first-order valence-electron chi connectivity index (χ1n) is 7.49. The Kier molecular flexibility index (Phi) is 4.82. The highest BCUT2D eigenvalue weighted by atomic mass is 32.2. The Morgan fingerprint density at radius 2 is 2.30 bits per heavy atom. The van der Waals surface area contributed by atoms with Crippen LogP contribution in [0.5, 0.6) is 0 Å². The first kappa shape index (κ1) is 16.2. The van der Waals surface area contributed by atoms with Gasteiger partial charge in [-0.15, -0.1) is 11.3 Å². The molecule has 3 rings (SSSR count). The van der Waals surface area contributed by atoms with Crippen LogP contribution in [-0.4, -0.2) is 45.0 Å². The molecule has 3 heterocycles. The SMILES string of the molecule is CC(Sc1ncnc2ccsc12)C(=O)N1CCCC(C(N)=O)C1. The molecule has 2 atom stereocenters. The number of hydrogen-bond acceptors (Lipinski definition) is 6. The lowest BCUT2D eigenvalue weighted by molar-refractivity contribution is -0.134. The molecule has 0 aromatic carbocycles. The summed E-state index contributed by atoms with van der Waals surface area (Å²) in [5, 5.41) is 2.54. The Balaban J connectivity index is 1.70. The summed E-state index contributed by atoms with van der Waals surface area (Å²) >= 11 is 3.02. The maximum Gasteiger partial charge on any atom is 0.235 e. The molecular weight excluding hydrogens is 332 g/mol. The third-order valence-electron chi connectivity index (χ3n) is 3.98. The average molecular weight is 350 g/mol. The zero-order chi connectivity index (χ0) is 16.4. The van der Waals surface area contributed by atoms with Gasteiger partial charge in [0.15, 0.2) is 0 Å². The van der Waals surface area contributed by atoms with Crippen molar-refractivity contribution in [2.45, 2.75) is 30.0 Å². The number of hydrogen-bond donors (Lipinski definition) is 1. The summed E-state index contributed by atoms with van der Waals surface area (Å²) in [4.78, 5) is 34.3. The summed E-state index contributed by atoms with van der Waals surface area (Å²) in [6.45, 7) is 2.99. The number of rotatable bonds is 4. The topological polar surface area (TPSA) is 89.2 Å². The van der Waals surface area contributed by atoms with Crippen LogP contribution in [0, 0.1) is 5.92 Å². The number of nitrogens with zero attached hydrogens (tertiary/aromatic N) is 3. The number of fused-ring (bicyclic) bond motifs is 1. The van der Waals surface area contributed by atoms with Crippen molar-refractivity contribution in [3.05, 3.63) is 17.8 Å². The summed E-state index contributed by atoms with van der Waals surface area (Å²) in [6, 6.07) is 1.94. The van der Waals surface area contributed by atoms with Crippen LogP contribution in [0.2, 0.25) is 0 Å². The van der Waals surface area contributed by atoms with E-state index >= 15 is 0 Å². The van der Waals surface area contributed by atoms with Crippen molar-refractivity contribution in [1.29, 1.82) is 0 Å². The molecule has 23 heavy (non-hydrogen) atoms. The van der Waals surface area contributed by atoms with Crippen LogP contribution in [-0.2, 0) is 9.59 Å². The zero-order valence-electron chi connectivity index (χ0n) is 12.8. The van der Waals surface area contributed by atoms with Gasteiger partial charge in [-0.1, -0.05) is 11.8 Å². The molecule has 0 aliphatic carbocycles. The number of carbonyl (C=O) groups excluding carboxylic acids is 2. The lowest BCUT2D eigenvalue weighted by atomic mass is 9.97. The predicted octanol–water partition coefficient (Wildman–Crippen LogP) is 1.90. The molecule has 0 bridgehead atoms. The van der Waals surface area contributed by atoms with E-state index in [-0.39, 0.29) is 23.0 Å². The fraction of sp³-hybridized carbons (Fsp3) is 0.467. The lowest BCUT2D eigenvalue weighted by Gasteiger charge is -2.32. The third-order valence-corrected chi connectivity index (χ3v) is 6.11. The summed E-state index contributed by atoms with van der Waals surface area (Å²) in [7, 11) is 0. The molecule has 1 aliphatic heterocycles. The van der Waals surface area contributed by atoms with Gasteiger partial charge in [-0.25, -0.2) is 9.97 Å². The molecule has 1 fully saturated rings. The van der Waals surface area contributed by atoms with E-state index in [1.165, 1.54) is 18.1 Å². The minimum atomic E-state index is -0.320. The van der Waals surface area contributed by atoms with Crippen molar-refractivity contribution in [3.8, 4) is 0 Å². The summed E-state index contributed by atoms with van der Waals surface area (Å²) in [5.74, 6) is -0.517. The standard InChI is InChI=1S/C15H18N4O2S2/c1-9(15(21)19-5-2-3-10(7-19)13(16)20)23-14-12-11(4-6-22-12)17-8-18-14/h4,6,8-10H,2-3,5,7H2,1H3,(H2,16,20). The number of primary amides is 1. The van der Waals surface area contributed by atoms with Crippen molar-refractivity contribution in [3.63, 3.8) is 0 Å². The second kappa shape index (κ2) is 6.84. The highest BCUT2D eigenvalue weighted by molar-refractivity contribution is 8.00. The Morgan fingerprint density at radius 1 is 1.48 bits per heavy atom. The van der Waals surface area contributed by atoms with Gasteiger partial charge in [0.05, 0.1) is 21.4 Å². The van der Waals surface area contributed by atoms with Gasteiger partial charge in [-0.05, 0) is 31.2 Å². The molecule has 8 heteroatoms. The number of thioether (sulfide) groups is 1. The van der Waals surface area contributed by atoms with E-state index in [0.29, 0.717) is 13.1 Å². The Bertz CT molecular complexity index is 733. The van der Waals surface area contributed by atoms with Crippen LogP contribution in [0.3, 0.4) is 0 Å². The highest BCUT2D eigenvalue weighted by Crippen LogP contribution is 2.32. The van der Waals surface area contributed by atoms with Crippen molar-refractivity contribution in [1.82, 2.24) is 14.9 Å². The molecule has 2 aromatic heterocycles. The number of amides is 2. The molecule has 0 spiro atoms. The first-order valence-corrected chi connectivity index (χ1v) is 9.25. The van der Waals surface area contributed by atoms with Crippen LogP contribution in [0.4, 0.5) is 0 Å². The molecule has 6 nitrogen and oxygen atoms in total. The third kappa shape index (κ3) is 3.48. The van der Waals surface area contributed by atoms with E-state index in [2.05, 4.69) is 9.97 Å². The number of aromatic nitrogens is 2. The maximum absolute atomic E-state index is 12.7. The van der Waals surface area contributed by atoms with Gasteiger partial charge in [0.1, 0.15) is 11.4 Å². The van der Waals surface area contributed by atoms with Gasteiger partial charge in [-0.3, -0.25) is 9.59 Å². The number of likely N-dealkylation sites (tertiary alicyclic amines) is 1. The molecule has 1 saturated heterocycles. The van der Waals surface area contributed by atoms with Gasteiger partial charge >= 0.3 is 0 Å². The van der Waals surface area contributed by atoms with Crippen LogP contribution >= 0.6 is 23.1 Å². The number of nitrogens with two attached hydrogens (primary N) is 1. The molecule has 2 aromatic rings. The number of piperidine rings is 1. The molecule has 2 unspecified atom stereocenters. The second-order valence-electron chi connectivity index (χ2n) is 5.60. The molecule has 2 amide bonds. The summed E-state index contributed by atoms with van der Waals surface area (Å²) in [6.07, 6.45) is 3.11. The number of carbonyl (C=O) groups is 2. The molecule has 0 saturated carbocycles. The average Bonchev–Trinajstić information content (AvgIpc) is 3.04. The smallest absolute Gasteiger partial charge is 0.235 e. The Labute approximate surface area is 142 Å². The van der Waals surface area contributed by atoms with Crippen LogP contribution in [0.15, 0.2) is 22.8 Å². The quantitative estimate of drug-likeness (QED) is 0.672. The largest absolute Gasteiger partial charge is 0.369 e. The second-order valence-corrected chi connectivity index (χ2v) is 7.85. The Hall–Kier alpha value is -1.67. The normalized spacial score (nSPS) is 19.7. The number of thiophene rings is 1. The van der Waals surface area contributed by atoms with E-state index < -0.39 is 0 Å². The van der Waals surface area contributed by atoms with E-state index in [4.69, 9.17) is 5.73 Å². The fourth-order valence-electron chi connectivity index (χ4n) is 2.73. The zero-order valence-corrected chi connectivity index (χ0v) is 14.4. The molecule has 1 aliphatic rings.